The van der Waals surface area contributed by atoms with Crippen molar-refractivity contribution in [2.75, 3.05) is 25.0 Å². The van der Waals surface area contributed by atoms with Crippen molar-refractivity contribution in [3.8, 4) is 0 Å². The van der Waals surface area contributed by atoms with Crippen LogP contribution in [-0.4, -0.2) is 29.6 Å². The van der Waals surface area contributed by atoms with Crippen molar-refractivity contribution in [1.29, 1.82) is 0 Å². The molecule has 2 N–H and O–H groups in total. The molecule has 106 valence electrons. The Morgan fingerprint density at radius 1 is 1.37 bits per heavy atom. The standard InChI is InChI=1S/C14H23ClN4/c1-10(2)14-18-12(15)9-13(19-14)17-8-5-11-3-6-16-7-4-11/h9-11,16H,3-8H2,1-2H3,(H,17,18,19). The zero-order chi connectivity index (χ0) is 13.7. The smallest absolute Gasteiger partial charge is 0.135 e. The highest BCUT2D eigenvalue weighted by atomic mass is 35.5. The molecule has 0 spiro atoms. The maximum atomic E-state index is 6.02. The lowest BCUT2D eigenvalue weighted by Gasteiger charge is -2.22. The summed E-state index contributed by atoms with van der Waals surface area (Å²) in [5, 5.41) is 7.28. The molecule has 19 heavy (non-hydrogen) atoms. The summed E-state index contributed by atoms with van der Waals surface area (Å²) >= 11 is 6.02. The highest BCUT2D eigenvalue weighted by Gasteiger charge is 2.12. The molecule has 0 amide bonds. The van der Waals surface area contributed by atoms with Gasteiger partial charge in [0.05, 0.1) is 0 Å². The van der Waals surface area contributed by atoms with E-state index >= 15 is 0 Å². The van der Waals surface area contributed by atoms with Gasteiger partial charge in [0.2, 0.25) is 0 Å². The number of halogens is 1. The predicted molar refractivity (Wildman–Crippen MR) is 79.8 cm³/mol. The molecular weight excluding hydrogens is 260 g/mol. The second-order valence-corrected chi connectivity index (χ2v) is 5.88. The fourth-order valence-electron chi connectivity index (χ4n) is 2.36. The first kappa shape index (κ1) is 14.5. The Hall–Kier alpha value is -0.870. The summed E-state index contributed by atoms with van der Waals surface area (Å²) in [6.07, 6.45) is 3.76. The van der Waals surface area contributed by atoms with E-state index in [1.165, 1.54) is 19.3 Å². The summed E-state index contributed by atoms with van der Waals surface area (Å²) in [7, 11) is 0. The molecule has 2 heterocycles. The van der Waals surface area contributed by atoms with Crippen LogP contribution >= 0.6 is 11.6 Å². The molecule has 0 radical (unpaired) electrons. The van der Waals surface area contributed by atoms with E-state index in [2.05, 4.69) is 34.4 Å². The summed E-state index contributed by atoms with van der Waals surface area (Å²) in [6, 6.07) is 1.80. The van der Waals surface area contributed by atoms with E-state index in [-0.39, 0.29) is 0 Å². The lowest BCUT2D eigenvalue weighted by Crippen LogP contribution is -2.28. The Morgan fingerprint density at radius 2 is 2.11 bits per heavy atom. The van der Waals surface area contributed by atoms with E-state index in [9.17, 15) is 0 Å². The number of rotatable bonds is 5. The minimum absolute atomic E-state index is 0.295. The molecule has 1 aliphatic heterocycles. The molecule has 0 atom stereocenters. The summed E-state index contributed by atoms with van der Waals surface area (Å²) < 4.78 is 0. The average molecular weight is 283 g/mol. The largest absolute Gasteiger partial charge is 0.370 e. The molecule has 1 saturated heterocycles. The molecule has 0 aromatic carbocycles. The molecule has 0 aliphatic carbocycles. The molecule has 4 nitrogen and oxygen atoms in total. The topological polar surface area (TPSA) is 49.8 Å². The third kappa shape index (κ3) is 4.62. The first-order valence-corrected chi connectivity index (χ1v) is 7.52. The van der Waals surface area contributed by atoms with Crippen molar-refractivity contribution >= 4 is 17.4 Å². The first-order valence-electron chi connectivity index (χ1n) is 7.14. The second-order valence-electron chi connectivity index (χ2n) is 5.50. The van der Waals surface area contributed by atoms with Gasteiger partial charge in [-0.1, -0.05) is 25.4 Å². The first-order chi connectivity index (χ1) is 9.15. The van der Waals surface area contributed by atoms with Crippen LogP contribution in [0.15, 0.2) is 6.07 Å². The summed E-state index contributed by atoms with van der Waals surface area (Å²) in [5.41, 5.74) is 0. The summed E-state index contributed by atoms with van der Waals surface area (Å²) in [6.45, 7) is 7.41. The normalized spacial score (nSPS) is 16.8. The molecular formula is C14H23ClN4. The van der Waals surface area contributed by atoms with E-state index in [1.807, 2.05) is 0 Å². The lowest BCUT2D eigenvalue weighted by molar-refractivity contribution is 0.361. The number of aromatic nitrogens is 2. The number of nitrogens with zero attached hydrogens (tertiary/aromatic N) is 2. The third-order valence-corrected chi connectivity index (χ3v) is 3.74. The summed E-state index contributed by atoms with van der Waals surface area (Å²) in [4.78, 5) is 8.73. The van der Waals surface area contributed by atoms with Crippen LogP contribution in [0, 0.1) is 5.92 Å². The second kappa shape index (κ2) is 7.06. The Balaban J connectivity index is 1.84. The van der Waals surface area contributed by atoms with Gasteiger partial charge in [0, 0.05) is 18.5 Å². The molecule has 2 rings (SSSR count). The molecule has 1 aromatic heterocycles. The van der Waals surface area contributed by atoms with Gasteiger partial charge in [-0.2, -0.15) is 0 Å². The van der Waals surface area contributed by atoms with Crippen LogP contribution in [0.25, 0.3) is 0 Å². The Labute approximate surface area is 120 Å². The van der Waals surface area contributed by atoms with Crippen molar-refractivity contribution in [2.24, 2.45) is 5.92 Å². The fourth-order valence-corrected chi connectivity index (χ4v) is 2.55. The average Bonchev–Trinajstić information content (AvgIpc) is 2.39. The number of anilines is 1. The minimum atomic E-state index is 0.295. The highest BCUT2D eigenvalue weighted by molar-refractivity contribution is 6.29. The van der Waals surface area contributed by atoms with Gasteiger partial charge in [0.1, 0.15) is 16.8 Å². The van der Waals surface area contributed by atoms with Gasteiger partial charge in [-0.25, -0.2) is 9.97 Å². The fraction of sp³-hybridized carbons (Fsp3) is 0.714. The van der Waals surface area contributed by atoms with Crippen molar-refractivity contribution in [3.05, 3.63) is 17.0 Å². The van der Waals surface area contributed by atoms with Crippen LogP contribution in [0.1, 0.15) is 44.9 Å². The highest BCUT2D eigenvalue weighted by Crippen LogP contribution is 2.19. The van der Waals surface area contributed by atoms with Gasteiger partial charge >= 0.3 is 0 Å². The number of piperidine rings is 1. The molecule has 1 aromatic rings. The number of hydrogen-bond donors (Lipinski definition) is 2. The van der Waals surface area contributed by atoms with E-state index < -0.39 is 0 Å². The lowest BCUT2D eigenvalue weighted by atomic mass is 9.95. The van der Waals surface area contributed by atoms with Gasteiger partial charge in [-0.05, 0) is 38.3 Å². The maximum absolute atomic E-state index is 6.02. The van der Waals surface area contributed by atoms with E-state index in [4.69, 9.17) is 11.6 Å². The Bertz CT molecular complexity index is 402. The number of hydrogen-bond acceptors (Lipinski definition) is 4. The molecule has 0 unspecified atom stereocenters. The minimum Gasteiger partial charge on any atom is -0.370 e. The number of nitrogens with one attached hydrogen (secondary N) is 2. The van der Waals surface area contributed by atoms with Gasteiger partial charge < -0.3 is 10.6 Å². The zero-order valence-electron chi connectivity index (χ0n) is 11.7. The van der Waals surface area contributed by atoms with Crippen LogP contribution in [0.5, 0.6) is 0 Å². The monoisotopic (exact) mass is 282 g/mol. The van der Waals surface area contributed by atoms with Crippen LogP contribution in [0.3, 0.4) is 0 Å². The van der Waals surface area contributed by atoms with Gasteiger partial charge in [0.25, 0.3) is 0 Å². The van der Waals surface area contributed by atoms with Crippen molar-refractivity contribution in [1.82, 2.24) is 15.3 Å². The van der Waals surface area contributed by atoms with Crippen LogP contribution in [-0.2, 0) is 0 Å². The SMILES string of the molecule is CC(C)c1nc(Cl)cc(NCCC2CCNCC2)n1. The predicted octanol–water partition coefficient (Wildman–Crippen LogP) is 3.06. The zero-order valence-corrected chi connectivity index (χ0v) is 12.5. The van der Waals surface area contributed by atoms with E-state index in [0.717, 1.165) is 37.2 Å². The Kier molecular flexibility index (Phi) is 5.40. The van der Waals surface area contributed by atoms with Crippen molar-refractivity contribution < 1.29 is 0 Å². The van der Waals surface area contributed by atoms with E-state index in [0.29, 0.717) is 11.1 Å². The van der Waals surface area contributed by atoms with E-state index in [1.54, 1.807) is 6.07 Å². The van der Waals surface area contributed by atoms with Crippen LogP contribution in [0.2, 0.25) is 5.15 Å². The molecule has 1 aliphatic rings. The van der Waals surface area contributed by atoms with Crippen LogP contribution < -0.4 is 10.6 Å². The van der Waals surface area contributed by atoms with Crippen molar-refractivity contribution in [3.63, 3.8) is 0 Å². The third-order valence-electron chi connectivity index (χ3n) is 3.55. The quantitative estimate of drug-likeness (QED) is 0.815. The molecule has 0 saturated carbocycles. The Morgan fingerprint density at radius 3 is 2.79 bits per heavy atom. The maximum Gasteiger partial charge on any atom is 0.135 e. The van der Waals surface area contributed by atoms with Gasteiger partial charge in [-0.15, -0.1) is 0 Å². The van der Waals surface area contributed by atoms with Gasteiger partial charge in [-0.3, -0.25) is 0 Å². The molecule has 0 bridgehead atoms. The van der Waals surface area contributed by atoms with Crippen molar-refractivity contribution in [2.45, 2.75) is 39.0 Å². The van der Waals surface area contributed by atoms with Gasteiger partial charge in [0.15, 0.2) is 0 Å². The van der Waals surface area contributed by atoms with Crippen LogP contribution in [0.4, 0.5) is 5.82 Å². The summed E-state index contributed by atoms with van der Waals surface area (Å²) in [5.74, 6) is 2.77. The molecule has 5 heteroatoms. The molecule has 1 fully saturated rings.